The molecule has 0 radical (unpaired) electrons. The van der Waals surface area contributed by atoms with Gasteiger partial charge in [-0.3, -0.25) is 4.79 Å². The number of nitrogens with one attached hydrogen (secondary N) is 1. The monoisotopic (exact) mass is 418 g/mol. The summed E-state index contributed by atoms with van der Waals surface area (Å²) in [5.74, 6) is -0.665. The molecule has 30 heavy (non-hydrogen) atoms. The van der Waals surface area contributed by atoms with Crippen molar-refractivity contribution < 1.29 is 27.1 Å². The summed E-state index contributed by atoms with van der Waals surface area (Å²) in [6.07, 6.45) is -4.05. The molecule has 4 aromatic rings. The number of oxazole rings is 1. The number of nitrogens with zero attached hydrogens (tertiary/aromatic N) is 5. The van der Waals surface area contributed by atoms with Crippen molar-refractivity contribution in [2.45, 2.75) is 13.1 Å². The van der Waals surface area contributed by atoms with Crippen LogP contribution in [0.2, 0.25) is 0 Å². The minimum absolute atomic E-state index is 0.121. The van der Waals surface area contributed by atoms with E-state index in [0.717, 1.165) is 6.20 Å². The van der Waals surface area contributed by atoms with Crippen molar-refractivity contribution in [2.24, 2.45) is 0 Å². The molecule has 1 N–H and O–H groups in total. The van der Waals surface area contributed by atoms with Gasteiger partial charge in [0, 0.05) is 18.7 Å². The van der Waals surface area contributed by atoms with E-state index in [-0.39, 0.29) is 17.4 Å². The number of carbonyl (C=O) groups excluding carboxylic acids is 1. The van der Waals surface area contributed by atoms with Crippen LogP contribution in [0.3, 0.4) is 0 Å². The van der Waals surface area contributed by atoms with Gasteiger partial charge in [0.15, 0.2) is 23.0 Å². The molecule has 0 atom stereocenters. The molecule has 4 rings (SSSR count). The zero-order valence-corrected chi connectivity index (χ0v) is 15.6. The van der Waals surface area contributed by atoms with E-state index in [4.69, 9.17) is 9.15 Å². The van der Waals surface area contributed by atoms with E-state index < -0.39 is 23.3 Å². The van der Waals surface area contributed by atoms with Crippen LogP contribution in [-0.2, 0) is 6.18 Å². The second-order valence-electron chi connectivity index (χ2n) is 6.12. The van der Waals surface area contributed by atoms with Crippen LogP contribution < -0.4 is 10.1 Å². The number of halogens is 3. The van der Waals surface area contributed by atoms with Crippen molar-refractivity contribution in [1.29, 1.82) is 0 Å². The van der Waals surface area contributed by atoms with Crippen LogP contribution in [0.25, 0.3) is 16.9 Å². The molecule has 9 nitrogen and oxygen atoms in total. The summed E-state index contributed by atoms with van der Waals surface area (Å²) in [5.41, 5.74) is -0.738. The van der Waals surface area contributed by atoms with Gasteiger partial charge in [0.2, 0.25) is 5.88 Å². The van der Waals surface area contributed by atoms with E-state index in [1.807, 2.05) is 0 Å². The predicted molar refractivity (Wildman–Crippen MR) is 97.4 cm³/mol. The Hall–Kier alpha value is -3.96. The Bertz CT molecular complexity index is 1230. The van der Waals surface area contributed by atoms with Crippen molar-refractivity contribution in [3.63, 3.8) is 0 Å². The van der Waals surface area contributed by atoms with Crippen molar-refractivity contribution in [3.05, 3.63) is 53.7 Å². The summed E-state index contributed by atoms with van der Waals surface area (Å²) in [5, 5.41) is 13.4. The van der Waals surface area contributed by atoms with Gasteiger partial charge in [-0.15, -0.1) is 10.2 Å². The minimum Gasteiger partial charge on any atom is -0.480 e. The molecule has 3 heterocycles. The smallest absolute Gasteiger partial charge is 0.434 e. The highest BCUT2D eigenvalue weighted by Crippen LogP contribution is 2.34. The number of amides is 1. The molecule has 0 bridgehead atoms. The Balaban J connectivity index is 1.70. The second kappa shape index (κ2) is 7.13. The second-order valence-corrected chi connectivity index (χ2v) is 6.12. The number of anilines is 1. The molecular weight excluding hydrogens is 405 g/mol. The van der Waals surface area contributed by atoms with Gasteiger partial charge in [0.05, 0.1) is 18.9 Å². The number of fused-ring (bicyclic) bond motifs is 1. The van der Waals surface area contributed by atoms with Gasteiger partial charge in [0.25, 0.3) is 5.91 Å². The van der Waals surface area contributed by atoms with Crippen molar-refractivity contribution in [2.75, 3.05) is 12.4 Å². The standard InChI is InChI=1S/C18H13F3N6O3/c1-9-23-12-7-10(3-4-13(12)30-9)24-17(28)11-8-22-27(16(11)18(19,20)21)14-5-6-15(29-2)26-25-14/h3-8H,1-2H3,(H,24,28). The van der Waals surface area contributed by atoms with E-state index in [1.165, 1.54) is 31.4 Å². The zero-order chi connectivity index (χ0) is 21.5. The topological polar surface area (TPSA) is 108 Å². The number of carbonyl (C=O) groups is 1. The third-order valence-electron chi connectivity index (χ3n) is 4.09. The quantitative estimate of drug-likeness (QED) is 0.541. The SMILES string of the molecule is COc1ccc(-n2ncc(C(=O)Nc3ccc4oc(C)nc4c3)c2C(F)(F)F)nn1. The van der Waals surface area contributed by atoms with E-state index in [2.05, 4.69) is 25.6 Å². The number of benzene rings is 1. The first-order valence-electron chi connectivity index (χ1n) is 8.48. The Morgan fingerprint density at radius 3 is 2.67 bits per heavy atom. The number of ether oxygens (including phenoxy) is 1. The van der Waals surface area contributed by atoms with Gasteiger partial charge < -0.3 is 14.5 Å². The molecule has 3 aromatic heterocycles. The van der Waals surface area contributed by atoms with Crippen LogP contribution in [-0.4, -0.2) is 38.0 Å². The van der Waals surface area contributed by atoms with Gasteiger partial charge in [-0.2, -0.15) is 18.3 Å². The molecule has 0 saturated carbocycles. The average Bonchev–Trinajstić information content (AvgIpc) is 3.30. The lowest BCUT2D eigenvalue weighted by Gasteiger charge is -2.12. The van der Waals surface area contributed by atoms with Crippen molar-refractivity contribution in [1.82, 2.24) is 25.0 Å². The Morgan fingerprint density at radius 2 is 2.00 bits per heavy atom. The summed E-state index contributed by atoms with van der Waals surface area (Å²) in [7, 11) is 1.35. The number of methoxy groups -OCH3 is 1. The van der Waals surface area contributed by atoms with Gasteiger partial charge in [-0.1, -0.05) is 0 Å². The molecule has 1 amide bonds. The largest absolute Gasteiger partial charge is 0.480 e. The Labute approximate surface area is 166 Å². The fourth-order valence-electron chi connectivity index (χ4n) is 2.81. The third kappa shape index (κ3) is 3.54. The molecule has 0 aliphatic rings. The van der Waals surface area contributed by atoms with Crippen LogP contribution >= 0.6 is 0 Å². The maximum atomic E-state index is 13.7. The molecular formula is C18H13F3N6O3. The molecule has 0 spiro atoms. The molecule has 0 fully saturated rings. The average molecular weight is 418 g/mol. The number of alkyl halides is 3. The summed E-state index contributed by atoms with van der Waals surface area (Å²) in [4.78, 5) is 16.7. The zero-order valence-electron chi connectivity index (χ0n) is 15.6. The molecule has 0 aliphatic carbocycles. The number of aryl methyl sites for hydroxylation is 1. The summed E-state index contributed by atoms with van der Waals surface area (Å²) in [6.45, 7) is 1.66. The van der Waals surface area contributed by atoms with Crippen LogP contribution in [0.15, 0.2) is 40.9 Å². The minimum atomic E-state index is -4.88. The lowest BCUT2D eigenvalue weighted by molar-refractivity contribution is -0.143. The predicted octanol–water partition coefficient (Wildman–Crippen LogP) is 3.39. The van der Waals surface area contributed by atoms with Crippen molar-refractivity contribution >= 4 is 22.7 Å². The Morgan fingerprint density at radius 1 is 1.20 bits per heavy atom. The third-order valence-corrected chi connectivity index (χ3v) is 4.09. The number of rotatable bonds is 4. The first-order valence-corrected chi connectivity index (χ1v) is 8.48. The lowest BCUT2D eigenvalue weighted by Crippen LogP contribution is -2.21. The molecule has 0 aliphatic heterocycles. The summed E-state index contributed by atoms with van der Waals surface area (Å²) in [6, 6.07) is 7.13. The van der Waals surface area contributed by atoms with E-state index in [9.17, 15) is 18.0 Å². The first-order chi connectivity index (χ1) is 14.3. The van der Waals surface area contributed by atoms with Crippen LogP contribution in [0, 0.1) is 6.92 Å². The maximum Gasteiger partial charge on any atom is 0.434 e. The van der Waals surface area contributed by atoms with Crippen LogP contribution in [0.1, 0.15) is 21.9 Å². The molecule has 0 saturated heterocycles. The fraction of sp³-hybridized carbons (Fsp3) is 0.167. The molecule has 154 valence electrons. The lowest BCUT2D eigenvalue weighted by atomic mass is 10.2. The highest BCUT2D eigenvalue weighted by atomic mass is 19.4. The highest BCUT2D eigenvalue weighted by molar-refractivity contribution is 6.05. The first kappa shape index (κ1) is 19.4. The van der Waals surface area contributed by atoms with E-state index in [0.29, 0.717) is 21.7 Å². The number of aromatic nitrogens is 5. The van der Waals surface area contributed by atoms with E-state index >= 15 is 0 Å². The summed E-state index contributed by atoms with van der Waals surface area (Å²) >= 11 is 0. The van der Waals surface area contributed by atoms with Crippen LogP contribution in [0.5, 0.6) is 5.88 Å². The molecule has 12 heteroatoms. The van der Waals surface area contributed by atoms with Gasteiger partial charge >= 0.3 is 6.18 Å². The van der Waals surface area contributed by atoms with Crippen molar-refractivity contribution in [3.8, 4) is 11.7 Å². The van der Waals surface area contributed by atoms with Gasteiger partial charge in [-0.05, 0) is 24.3 Å². The van der Waals surface area contributed by atoms with Gasteiger partial charge in [0.1, 0.15) is 5.52 Å². The van der Waals surface area contributed by atoms with Gasteiger partial charge in [-0.25, -0.2) is 9.67 Å². The Kier molecular flexibility index (Phi) is 4.60. The maximum absolute atomic E-state index is 13.7. The molecule has 1 aromatic carbocycles. The highest BCUT2D eigenvalue weighted by Gasteiger charge is 2.41. The normalized spacial score (nSPS) is 11.6. The fourth-order valence-corrected chi connectivity index (χ4v) is 2.81. The number of hydrogen-bond donors (Lipinski definition) is 1. The molecule has 0 unspecified atom stereocenters. The van der Waals surface area contributed by atoms with Crippen LogP contribution in [0.4, 0.5) is 18.9 Å². The number of hydrogen-bond acceptors (Lipinski definition) is 7. The summed E-state index contributed by atoms with van der Waals surface area (Å²) < 4.78 is 51.9. The van der Waals surface area contributed by atoms with E-state index in [1.54, 1.807) is 13.0 Å².